The molecule has 7 rings (SSSR count). The number of nitrogens with zero attached hydrogens (tertiary/aromatic N) is 4. The molecule has 2 aliphatic carbocycles. The van der Waals surface area contributed by atoms with Crippen molar-refractivity contribution in [3.63, 3.8) is 0 Å². The number of methoxy groups -OCH3 is 1. The molecule has 1 aromatic heterocycles. The van der Waals surface area contributed by atoms with E-state index in [-0.39, 0.29) is 37.6 Å². The molecule has 2 aliphatic heterocycles. The van der Waals surface area contributed by atoms with E-state index in [4.69, 9.17) is 14.5 Å². The highest BCUT2D eigenvalue weighted by molar-refractivity contribution is 7.77. The third kappa shape index (κ3) is 8.89. The molecule has 4 aliphatic rings. The Labute approximate surface area is 349 Å². The van der Waals surface area contributed by atoms with Crippen LogP contribution in [0.15, 0.2) is 67.3 Å². The summed E-state index contributed by atoms with van der Waals surface area (Å²) >= 11 is -2.60. The maximum Gasteiger partial charge on any atom is 0.264 e. The molecule has 0 bridgehead atoms. The van der Waals surface area contributed by atoms with Gasteiger partial charge in [-0.2, -0.15) is 0 Å². The molecule has 1 unspecified atom stereocenters. The second-order valence-electron chi connectivity index (χ2n) is 17.6. The molecule has 2 saturated heterocycles. The molecule has 4 amide bonds. The minimum absolute atomic E-state index is 0.00438. The molecule has 3 heterocycles. The predicted molar refractivity (Wildman–Crippen MR) is 225 cm³/mol. The molecular formula is C45H57N5O8S. The topological polar surface area (TPSA) is 159 Å². The third-order valence-corrected chi connectivity index (χ3v) is 13.5. The third-order valence-electron chi connectivity index (χ3n) is 12.7. The Hall–Kier alpha value is -4.82. The van der Waals surface area contributed by atoms with Gasteiger partial charge in [0.1, 0.15) is 29.2 Å². The Kier molecular flexibility index (Phi) is 12.5. The molecular weight excluding hydrogens is 771 g/mol. The normalized spacial score (nSPS) is 24.3. The molecule has 13 nitrogen and oxygen atoms in total. The molecule has 59 heavy (non-hydrogen) atoms. The number of nitrogens with one attached hydrogen (secondary N) is 1. The molecule has 4 fully saturated rings. The van der Waals surface area contributed by atoms with Crippen LogP contribution in [0.5, 0.6) is 11.5 Å². The van der Waals surface area contributed by atoms with E-state index in [0.29, 0.717) is 48.6 Å². The molecule has 3 aromatic rings. The standard InChI is InChI=1S/C45H57N5O8S/c1-6-30-27-45(30,43(54)50(59(55)56)31-17-11-12-18-31)47-41(52)38-24-33(28-49(38)42(53)35(44(2,3)4)25-40(51)48-21-13-8-14-22-48)58-39-26-36(29-15-9-7-10-16-29)46-37-23-32(57-5)19-20-34(37)39/h6-7,9-10,15-16,19-20,23,26,30-31,33,35,38H,1,8,11-14,17-18,21-22,24-25,27-28H2,2-5H3,(H,47,52)(H,55,56)/t30-,33-,35-,38+,45-/m1/s1. The molecule has 14 heteroatoms. The fourth-order valence-electron chi connectivity index (χ4n) is 9.14. The van der Waals surface area contributed by atoms with Gasteiger partial charge < -0.3 is 24.6 Å². The van der Waals surface area contributed by atoms with Gasteiger partial charge in [0.15, 0.2) is 0 Å². The Morgan fingerprint density at radius 2 is 1.76 bits per heavy atom. The number of hydrogen-bond acceptors (Lipinski definition) is 8. The number of carbonyl (C=O) groups excluding carboxylic acids is 4. The summed E-state index contributed by atoms with van der Waals surface area (Å²) in [5.74, 6) is -1.70. The van der Waals surface area contributed by atoms with Crippen molar-refractivity contribution in [1.29, 1.82) is 0 Å². The van der Waals surface area contributed by atoms with Crippen LogP contribution in [-0.4, -0.2) is 102 Å². The number of amides is 4. The second-order valence-corrected chi connectivity index (χ2v) is 18.5. The molecule has 6 atom stereocenters. The van der Waals surface area contributed by atoms with E-state index in [0.717, 1.165) is 47.4 Å². The van der Waals surface area contributed by atoms with Crippen molar-refractivity contribution in [3.05, 3.63) is 67.3 Å². The Bertz CT molecular complexity index is 2100. The summed E-state index contributed by atoms with van der Waals surface area (Å²) in [5.41, 5.74) is 0.0697. The van der Waals surface area contributed by atoms with Gasteiger partial charge in [0, 0.05) is 61.0 Å². The number of fused-ring (bicyclic) bond motifs is 1. The van der Waals surface area contributed by atoms with Gasteiger partial charge in [-0.05, 0) is 56.1 Å². The lowest BCUT2D eigenvalue weighted by molar-refractivity contribution is -0.149. The van der Waals surface area contributed by atoms with E-state index in [1.54, 1.807) is 13.2 Å². The van der Waals surface area contributed by atoms with Crippen molar-refractivity contribution >= 4 is 45.8 Å². The van der Waals surface area contributed by atoms with Gasteiger partial charge in [-0.1, -0.05) is 70.0 Å². The molecule has 316 valence electrons. The number of piperidine rings is 1. The lowest BCUT2D eigenvalue weighted by Crippen LogP contribution is -2.58. The summed E-state index contributed by atoms with van der Waals surface area (Å²) in [6, 6.07) is 15.6. The monoisotopic (exact) mass is 827 g/mol. The highest BCUT2D eigenvalue weighted by atomic mass is 32.2. The molecule has 2 saturated carbocycles. The van der Waals surface area contributed by atoms with Crippen molar-refractivity contribution in [2.75, 3.05) is 26.7 Å². The summed E-state index contributed by atoms with van der Waals surface area (Å²) in [5, 5.41) is 3.70. The van der Waals surface area contributed by atoms with Gasteiger partial charge in [-0.25, -0.2) is 13.5 Å². The fourth-order valence-corrected chi connectivity index (χ4v) is 9.91. The lowest BCUT2D eigenvalue weighted by atomic mass is 9.77. The number of pyridine rings is 1. The van der Waals surface area contributed by atoms with Crippen LogP contribution in [0, 0.1) is 17.3 Å². The van der Waals surface area contributed by atoms with Crippen molar-refractivity contribution in [2.24, 2.45) is 17.3 Å². The first-order valence-corrected chi connectivity index (χ1v) is 22.0. The maximum atomic E-state index is 15.0. The Morgan fingerprint density at radius 1 is 1.05 bits per heavy atom. The number of hydrogen-bond donors (Lipinski definition) is 2. The zero-order chi connectivity index (χ0) is 42.1. The second kappa shape index (κ2) is 17.4. The smallest absolute Gasteiger partial charge is 0.264 e. The van der Waals surface area contributed by atoms with E-state index < -0.39 is 64.1 Å². The summed E-state index contributed by atoms with van der Waals surface area (Å²) in [4.78, 5) is 66.0. The van der Waals surface area contributed by atoms with Crippen molar-refractivity contribution in [3.8, 4) is 22.8 Å². The molecule has 0 spiro atoms. The van der Waals surface area contributed by atoms with Crippen molar-refractivity contribution in [2.45, 2.75) is 109 Å². The Morgan fingerprint density at radius 3 is 2.39 bits per heavy atom. The highest BCUT2D eigenvalue weighted by Gasteiger charge is 2.63. The summed E-state index contributed by atoms with van der Waals surface area (Å²) < 4.78 is 36.4. The minimum atomic E-state index is -2.60. The first-order valence-electron chi connectivity index (χ1n) is 20.9. The van der Waals surface area contributed by atoms with Gasteiger partial charge >= 0.3 is 0 Å². The van der Waals surface area contributed by atoms with Gasteiger partial charge in [0.05, 0.1) is 30.8 Å². The molecule has 0 radical (unpaired) electrons. The van der Waals surface area contributed by atoms with Crippen LogP contribution in [0.4, 0.5) is 0 Å². The van der Waals surface area contributed by atoms with Crippen LogP contribution in [0.1, 0.15) is 85.0 Å². The number of carbonyl (C=O) groups is 4. The largest absolute Gasteiger partial charge is 0.497 e. The summed E-state index contributed by atoms with van der Waals surface area (Å²) in [7, 11) is 1.59. The number of rotatable bonds is 13. The van der Waals surface area contributed by atoms with Crippen LogP contribution in [0.3, 0.4) is 0 Å². The summed E-state index contributed by atoms with van der Waals surface area (Å²) in [6.45, 7) is 11.0. The van der Waals surface area contributed by atoms with Crippen LogP contribution >= 0.6 is 0 Å². The van der Waals surface area contributed by atoms with Crippen LogP contribution < -0.4 is 14.8 Å². The van der Waals surface area contributed by atoms with Crippen molar-refractivity contribution in [1.82, 2.24) is 24.4 Å². The SMILES string of the molecule is C=C[C@@H]1C[C@]1(NC(=O)[C@@H]1C[C@@H](Oc2cc(-c3ccccc3)nc3cc(OC)ccc23)CN1C(=O)[C@@H](CC(=O)N1CCCCC1)C(C)(C)C)C(=O)N(C1CCCC1)S(=O)O. The predicted octanol–water partition coefficient (Wildman–Crippen LogP) is 6.29. The van der Waals surface area contributed by atoms with E-state index in [2.05, 4.69) is 11.9 Å². The minimum Gasteiger partial charge on any atom is -0.497 e. The van der Waals surface area contributed by atoms with Gasteiger partial charge in [-0.3, -0.25) is 23.7 Å². The number of aromatic nitrogens is 1. The van der Waals surface area contributed by atoms with Crippen LogP contribution in [0.2, 0.25) is 0 Å². The van der Waals surface area contributed by atoms with E-state index in [9.17, 15) is 27.9 Å². The van der Waals surface area contributed by atoms with E-state index in [1.165, 1.54) is 4.90 Å². The molecule has 2 aromatic carbocycles. The van der Waals surface area contributed by atoms with Crippen LogP contribution in [0.25, 0.3) is 22.2 Å². The maximum absolute atomic E-state index is 15.0. The van der Waals surface area contributed by atoms with E-state index in [1.807, 2.05) is 80.3 Å². The molecule has 2 N–H and O–H groups in total. The average molecular weight is 828 g/mol. The lowest BCUT2D eigenvalue weighted by Gasteiger charge is -2.37. The van der Waals surface area contributed by atoms with Crippen LogP contribution in [-0.2, 0) is 30.4 Å². The zero-order valence-electron chi connectivity index (χ0n) is 34.6. The highest BCUT2D eigenvalue weighted by Crippen LogP contribution is 2.47. The summed E-state index contributed by atoms with van der Waals surface area (Å²) in [6.07, 6.45) is 6.99. The first-order chi connectivity index (χ1) is 28.2. The average Bonchev–Trinajstić information content (AvgIpc) is 3.49. The van der Waals surface area contributed by atoms with Gasteiger partial charge in [-0.15, -0.1) is 6.58 Å². The Balaban J connectivity index is 1.23. The fraction of sp³-hybridized carbons (Fsp3) is 0.533. The van der Waals surface area contributed by atoms with E-state index >= 15 is 0 Å². The first kappa shape index (κ1) is 42.3. The zero-order valence-corrected chi connectivity index (χ0v) is 35.4. The number of ether oxygens (including phenoxy) is 2. The number of likely N-dealkylation sites (tertiary alicyclic amines) is 2. The van der Waals surface area contributed by atoms with Gasteiger partial charge in [0.25, 0.3) is 17.2 Å². The van der Waals surface area contributed by atoms with Crippen molar-refractivity contribution < 1.29 is 37.4 Å². The quantitative estimate of drug-likeness (QED) is 0.149. The number of benzene rings is 2. The van der Waals surface area contributed by atoms with Gasteiger partial charge in [0.2, 0.25) is 17.7 Å².